The molecule has 0 unspecified atom stereocenters. The largest absolute Gasteiger partial charge is 0.508 e. The predicted molar refractivity (Wildman–Crippen MR) is 323 cm³/mol. The summed E-state index contributed by atoms with van der Waals surface area (Å²) in [6.07, 6.45) is 9.77. The minimum atomic E-state index is -0.0405. The molecule has 4 fully saturated rings. The van der Waals surface area contributed by atoms with Gasteiger partial charge in [0, 0.05) is 145 Å². The fourth-order valence-electron chi connectivity index (χ4n) is 11.9. The van der Waals surface area contributed by atoms with Crippen LogP contribution in [-0.2, 0) is 45.0 Å². The average molecular weight is 1150 g/mol. The third kappa shape index (κ3) is 14.2. The van der Waals surface area contributed by atoms with Crippen LogP contribution in [0.1, 0.15) is 40.9 Å². The smallest absolute Gasteiger partial charge is 0.318 e. The van der Waals surface area contributed by atoms with Crippen molar-refractivity contribution in [1.82, 2.24) is 49.5 Å². The second-order valence-electron chi connectivity index (χ2n) is 21.6. The van der Waals surface area contributed by atoms with Gasteiger partial charge in [0.1, 0.15) is 17.4 Å². The number of nitrogens with zero attached hydrogens (tertiary/aromatic N) is 14. The number of fused-ring (bicyclic) bond motifs is 4. The Kier molecular flexibility index (Phi) is 19.7. The summed E-state index contributed by atoms with van der Waals surface area (Å²) in [5.74, 6) is 1.98. The van der Waals surface area contributed by atoms with Gasteiger partial charge in [-0.1, -0.05) is 25.3 Å². The maximum atomic E-state index is 12.2. The van der Waals surface area contributed by atoms with Crippen molar-refractivity contribution >= 4 is 69.0 Å². The first kappa shape index (κ1) is 58.8. The Bertz CT molecular complexity index is 3020. The number of anilines is 4. The van der Waals surface area contributed by atoms with E-state index in [9.17, 15) is 14.7 Å². The maximum absolute atomic E-state index is 12.2. The van der Waals surface area contributed by atoms with Gasteiger partial charge < -0.3 is 53.5 Å². The summed E-state index contributed by atoms with van der Waals surface area (Å²) in [6, 6.07) is 16.7. The van der Waals surface area contributed by atoms with Gasteiger partial charge in [-0.2, -0.15) is 19.9 Å². The summed E-state index contributed by atoms with van der Waals surface area (Å²) >= 11 is 0. The van der Waals surface area contributed by atoms with Gasteiger partial charge in [0.05, 0.1) is 86.5 Å². The number of aromatic nitrogens is 6. The molecule has 0 aliphatic carbocycles. The summed E-state index contributed by atoms with van der Waals surface area (Å²) in [5, 5.41) is 12.5. The van der Waals surface area contributed by atoms with Gasteiger partial charge in [0.2, 0.25) is 11.8 Å². The number of aromatic hydroxyl groups is 1. The van der Waals surface area contributed by atoms with Crippen molar-refractivity contribution in [2.45, 2.75) is 45.7 Å². The minimum absolute atomic E-state index is 0. The van der Waals surface area contributed by atoms with Gasteiger partial charge in [-0.25, -0.2) is 0 Å². The molecule has 6 aromatic rings. The Morgan fingerprint density at radius 1 is 0.578 bits per heavy atom. The van der Waals surface area contributed by atoms with E-state index in [0.717, 1.165) is 179 Å². The number of pyridine rings is 2. The molecule has 4 aromatic heterocycles. The summed E-state index contributed by atoms with van der Waals surface area (Å²) < 4.78 is 23.2. The molecule has 440 valence electrons. The molecular formula is C61H77ClN14O7. The molecule has 22 heteroatoms. The van der Waals surface area contributed by atoms with Crippen molar-refractivity contribution in [3.8, 4) is 17.8 Å². The molecule has 1 N–H and O–H groups in total. The van der Waals surface area contributed by atoms with Gasteiger partial charge in [0.25, 0.3) is 0 Å². The van der Waals surface area contributed by atoms with Gasteiger partial charge in [-0.3, -0.25) is 29.4 Å². The molecule has 2 aromatic carbocycles. The Morgan fingerprint density at radius 3 is 1.48 bits per heavy atom. The molecule has 2 amide bonds. The molecule has 4 saturated heterocycles. The number of carbonyl (C=O) groups is 2. The fraction of sp³-hybridized carbons (Fsp3) is 0.475. The van der Waals surface area contributed by atoms with Crippen molar-refractivity contribution in [2.24, 2.45) is 0 Å². The monoisotopic (exact) mass is 1150 g/mol. The third-order valence-corrected chi connectivity index (χ3v) is 16.3. The molecular weight excluding hydrogens is 1080 g/mol. The van der Waals surface area contributed by atoms with Gasteiger partial charge in [-0.15, -0.1) is 12.4 Å². The Labute approximate surface area is 491 Å². The SMILES string of the molecule is C=CC(=O)N1CCN(c2nc(OCCCN3CCOCC3)nc3c2CCN(c2cc(C)cc4cccnc24)C3)CC1.C=CC(=O)N1CCN(c2nc(OCCCN3CCOCC3)nc3c2CCN(c2cc(O)cc4cccnc24)C3)CC1.Cl. The van der Waals surface area contributed by atoms with Crippen LogP contribution in [0.4, 0.5) is 23.0 Å². The molecule has 83 heavy (non-hydrogen) atoms. The highest BCUT2D eigenvalue weighted by molar-refractivity contribution is 5.93. The number of piperazine rings is 2. The van der Waals surface area contributed by atoms with Crippen molar-refractivity contribution in [1.29, 1.82) is 0 Å². The highest BCUT2D eigenvalue weighted by Crippen LogP contribution is 2.37. The number of hydrogen-bond acceptors (Lipinski definition) is 19. The van der Waals surface area contributed by atoms with Crippen LogP contribution in [-0.4, -0.2) is 211 Å². The van der Waals surface area contributed by atoms with E-state index in [1.54, 1.807) is 18.3 Å². The predicted octanol–water partition coefficient (Wildman–Crippen LogP) is 5.48. The second kappa shape index (κ2) is 27.8. The zero-order valence-corrected chi connectivity index (χ0v) is 48.5. The summed E-state index contributed by atoms with van der Waals surface area (Å²) in [7, 11) is 0. The normalized spacial score (nSPS) is 17.7. The molecule has 0 radical (unpaired) electrons. The highest BCUT2D eigenvalue weighted by Gasteiger charge is 2.32. The maximum Gasteiger partial charge on any atom is 0.318 e. The number of phenols is 1. The lowest BCUT2D eigenvalue weighted by atomic mass is 10.0. The quantitative estimate of drug-likeness (QED) is 0.0945. The van der Waals surface area contributed by atoms with E-state index in [0.29, 0.717) is 77.6 Å². The lowest BCUT2D eigenvalue weighted by Gasteiger charge is -2.38. The number of hydrogen-bond donors (Lipinski definition) is 1. The molecule has 0 saturated carbocycles. The number of ether oxygens (including phenoxy) is 4. The summed E-state index contributed by atoms with van der Waals surface area (Å²) in [4.78, 5) is 71.0. The van der Waals surface area contributed by atoms with Crippen LogP contribution >= 0.6 is 12.4 Å². The van der Waals surface area contributed by atoms with E-state index < -0.39 is 0 Å². The van der Waals surface area contributed by atoms with Gasteiger partial charge >= 0.3 is 12.0 Å². The van der Waals surface area contributed by atoms with E-state index >= 15 is 0 Å². The Morgan fingerprint density at radius 2 is 1.02 bits per heavy atom. The van der Waals surface area contributed by atoms with E-state index in [1.165, 1.54) is 23.3 Å². The molecule has 0 spiro atoms. The molecule has 10 heterocycles. The molecule has 0 bridgehead atoms. The van der Waals surface area contributed by atoms with Crippen molar-refractivity contribution in [2.75, 3.05) is 164 Å². The van der Waals surface area contributed by atoms with Crippen LogP contribution in [0, 0.1) is 6.92 Å². The standard InChI is InChI=1S/C31H39N7O3.C30H37N7O4.ClH/c1-3-28(39)36-11-13-37(14-12-36)30-25-7-10-38(27-21-23(2)20-24-6-4-8-32-29(24)27)22-26(25)33-31(34-30)41-17-5-9-35-15-18-40-19-16-35;1-2-27(39)35-10-12-36(13-11-35)29-24-6-9-37(26-20-23(38)19-22-5-3-7-31-28(22)26)21-25(24)32-30(33-29)41-16-4-8-34-14-17-40-18-15-34;/h3-4,6,8,20-21H,1,5,7,9-19,22H2,2H3;2-3,5,7,19-20,38H,1,4,6,8-18,21H2;1H. The number of morpholine rings is 2. The van der Waals surface area contributed by atoms with E-state index in [4.69, 9.17) is 43.9 Å². The number of amides is 2. The first-order valence-electron chi connectivity index (χ1n) is 29.1. The minimum Gasteiger partial charge on any atom is -0.508 e. The van der Waals surface area contributed by atoms with Crippen molar-refractivity contribution in [3.05, 3.63) is 114 Å². The summed E-state index contributed by atoms with van der Waals surface area (Å²) in [6.45, 7) is 27.6. The summed E-state index contributed by atoms with van der Waals surface area (Å²) in [5.41, 5.74) is 9.31. The van der Waals surface area contributed by atoms with E-state index in [-0.39, 0.29) is 30.0 Å². The lowest BCUT2D eigenvalue weighted by molar-refractivity contribution is -0.127. The molecule has 21 nitrogen and oxygen atoms in total. The van der Waals surface area contributed by atoms with Gasteiger partial charge in [-0.05, 0) is 80.7 Å². The van der Waals surface area contributed by atoms with Crippen LogP contribution in [0.5, 0.6) is 17.8 Å². The number of halogens is 1. The van der Waals surface area contributed by atoms with Crippen LogP contribution in [0.2, 0.25) is 0 Å². The van der Waals surface area contributed by atoms with Crippen LogP contribution in [0.3, 0.4) is 0 Å². The van der Waals surface area contributed by atoms with Crippen LogP contribution in [0.15, 0.2) is 86.2 Å². The number of phenolic OH excluding ortho intramolecular Hbond substituents is 1. The average Bonchev–Trinajstić information content (AvgIpc) is 3.63. The second-order valence-corrected chi connectivity index (χ2v) is 21.6. The first-order chi connectivity index (χ1) is 40.2. The topological polar surface area (TPSA) is 195 Å². The molecule has 0 atom stereocenters. The number of rotatable bonds is 16. The van der Waals surface area contributed by atoms with Crippen LogP contribution < -0.4 is 29.1 Å². The first-order valence-corrected chi connectivity index (χ1v) is 29.1. The Balaban J connectivity index is 0.000000183. The Hall–Kier alpha value is -7.43. The number of aryl methyl sites for hydroxylation is 1. The fourth-order valence-corrected chi connectivity index (χ4v) is 11.9. The molecule has 6 aliphatic heterocycles. The lowest BCUT2D eigenvalue weighted by Crippen LogP contribution is -2.49. The molecule has 12 rings (SSSR count). The zero-order chi connectivity index (χ0) is 56.4. The van der Waals surface area contributed by atoms with E-state index in [1.807, 2.05) is 34.2 Å². The van der Waals surface area contributed by atoms with E-state index in [2.05, 4.69) is 72.7 Å². The highest BCUT2D eigenvalue weighted by atomic mass is 35.5. The third-order valence-electron chi connectivity index (χ3n) is 16.3. The number of benzene rings is 2. The van der Waals surface area contributed by atoms with Crippen LogP contribution in [0.25, 0.3) is 21.8 Å². The molecule has 6 aliphatic rings. The zero-order valence-electron chi connectivity index (χ0n) is 47.7. The number of carbonyl (C=O) groups excluding carboxylic acids is 2. The van der Waals surface area contributed by atoms with Gasteiger partial charge in [0.15, 0.2) is 0 Å². The van der Waals surface area contributed by atoms with Crippen molar-refractivity contribution in [3.63, 3.8) is 0 Å². The van der Waals surface area contributed by atoms with Crippen molar-refractivity contribution < 1.29 is 33.6 Å².